The number of thioether (sulfide) groups is 1. The summed E-state index contributed by atoms with van der Waals surface area (Å²) in [5, 5.41) is 3.60. The van der Waals surface area contributed by atoms with E-state index in [4.69, 9.17) is 0 Å². The normalized spacial score (nSPS) is 27.4. The smallest absolute Gasteiger partial charge is 0.0155 e. The van der Waals surface area contributed by atoms with Crippen molar-refractivity contribution in [1.82, 2.24) is 10.2 Å². The first-order valence-corrected chi connectivity index (χ1v) is 8.43. The van der Waals surface area contributed by atoms with Crippen molar-refractivity contribution in [2.75, 3.05) is 38.7 Å². The topological polar surface area (TPSA) is 15.3 Å². The molecule has 1 aliphatic heterocycles. The summed E-state index contributed by atoms with van der Waals surface area (Å²) in [6.07, 6.45) is 7.64. The second kappa shape index (κ2) is 7.65. The summed E-state index contributed by atoms with van der Waals surface area (Å²) in [5.74, 6) is 1.24. The van der Waals surface area contributed by atoms with Gasteiger partial charge in [0.1, 0.15) is 0 Å². The molecule has 2 nitrogen and oxygen atoms in total. The van der Waals surface area contributed by atoms with Crippen LogP contribution in [-0.2, 0) is 0 Å². The van der Waals surface area contributed by atoms with E-state index in [-0.39, 0.29) is 0 Å². The van der Waals surface area contributed by atoms with E-state index in [2.05, 4.69) is 37.4 Å². The van der Waals surface area contributed by atoms with Crippen LogP contribution in [-0.4, -0.2) is 49.6 Å². The van der Waals surface area contributed by atoms with Crippen LogP contribution in [0.15, 0.2) is 0 Å². The third-order valence-corrected chi connectivity index (χ3v) is 4.90. The Kier molecular flexibility index (Phi) is 6.90. The highest BCUT2D eigenvalue weighted by Crippen LogP contribution is 2.32. The molecule has 1 rings (SSSR count). The minimum absolute atomic E-state index is 0.536. The van der Waals surface area contributed by atoms with Gasteiger partial charge in [0.2, 0.25) is 0 Å². The number of nitrogens with zero attached hydrogens (tertiary/aromatic N) is 1. The standard InChI is InChI=1S/C14H30N2S/c1-5-7-14(8-6-9-15-11-14)12-16(3)13(2)10-17-4/h13,15H,5-12H2,1-4H3. The molecule has 0 amide bonds. The van der Waals surface area contributed by atoms with E-state index in [0.717, 1.165) is 0 Å². The van der Waals surface area contributed by atoms with Gasteiger partial charge >= 0.3 is 0 Å². The molecular weight excluding hydrogens is 228 g/mol. The second-order valence-electron chi connectivity index (χ2n) is 5.75. The Morgan fingerprint density at radius 3 is 2.76 bits per heavy atom. The third-order valence-electron chi connectivity index (χ3n) is 4.09. The third kappa shape index (κ3) is 4.80. The van der Waals surface area contributed by atoms with Crippen LogP contribution in [0, 0.1) is 5.41 Å². The molecule has 0 aliphatic carbocycles. The summed E-state index contributed by atoms with van der Waals surface area (Å²) in [5.41, 5.74) is 0.536. The van der Waals surface area contributed by atoms with Crippen LogP contribution < -0.4 is 5.32 Å². The molecule has 0 bridgehead atoms. The van der Waals surface area contributed by atoms with Gasteiger partial charge in [-0.2, -0.15) is 11.8 Å². The monoisotopic (exact) mass is 258 g/mol. The van der Waals surface area contributed by atoms with E-state index < -0.39 is 0 Å². The molecule has 1 fully saturated rings. The summed E-state index contributed by atoms with van der Waals surface area (Å²) < 4.78 is 0. The first kappa shape index (κ1) is 15.3. The minimum Gasteiger partial charge on any atom is -0.316 e. The highest BCUT2D eigenvalue weighted by atomic mass is 32.2. The molecule has 0 saturated carbocycles. The largest absolute Gasteiger partial charge is 0.316 e. The maximum atomic E-state index is 3.60. The maximum absolute atomic E-state index is 3.60. The van der Waals surface area contributed by atoms with E-state index in [9.17, 15) is 0 Å². The van der Waals surface area contributed by atoms with Crippen LogP contribution in [0.2, 0.25) is 0 Å². The van der Waals surface area contributed by atoms with Gasteiger partial charge in [-0.3, -0.25) is 0 Å². The summed E-state index contributed by atoms with van der Waals surface area (Å²) in [6, 6.07) is 0.695. The van der Waals surface area contributed by atoms with Crippen LogP contribution in [0.1, 0.15) is 39.5 Å². The number of piperidine rings is 1. The van der Waals surface area contributed by atoms with Crippen LogP contribution in [0.4, 0.5) is 0 Å². The average Bonchev–Trinajstić information content (AvgIpc) is 2.30. The summed E-state index contributed by atoms with van der Waals surface area (Å²) >= 11 is 1.96. The summed E-state index contributed by atoms with van der Waals surface area (Å²) in [7, 11) is 2.30. The van der Waals surface area contributed by atoms with E-state index in [1.54, 1.807) is 0 Å². The Hall–Kier alpha value is 0.270. The zero-order valence-corrected chi connectivity index (χ0v) is 12.9. The fourth-order valence-corrected chi connectivity index (χ4v) is 3.78. The molecule has 0 aromatic heterocycles. The van der Waals surface area contributed by atoms with Crippen LogP contribution in [0.3, 0.4) is 0 Å². The molecule has 0 spiro atoms. The molecule has 0 aromatic carbocycles. The predicted molar refractivity (Wildman–Crippen MR) is 79.9 cm³/mol. The fraction of sp³-hybridized carbons (Fsp3) is 1.00. The molecule has 17 heavy (non-hydrogen) atoms. The average molecular weight is 258 g/mol. The molecule has 0 aromatic rings. The van der Waals surface area contributed by atoms with Crippen molar-refractivity contribution < 1.29 is 0 Å². The van der Waals surface area contributed by atoms with Crippen molar-refractivity contribution in [2.24, 2.45) is 5.41 Å². The quantitative estimate of drug-likeness (QED) is 0.756. The van der Waals surface area contributed by atoms with Gasteiger partial charge in [0.25, 0.3) is 0 Å². The van der Waals surface area contributed by atoms with Crippen LogP contribution in [0.25, 0.3) is 0 Å². The van der Waals surface area contributed by atoms with Crippen molar-refractivity contribution in [1.29, 1.82) is 0 Å². The molecular formula is C14H30N2S. The van der Waals surface area contributed by atoms with Gasteiger partial charge in [0, 0.05) is 24.9 Å². The van der Waals surface area contributed by atoms with Crippen molar-refractivity contribution in [3.05, 3.63) is 0 Å². The first-order valence-electron chi connectivity index (χ1n) is 7.03. The van der Waals surface area contributed by atoms with Crippen molar-refractivity contribution in [3.63, 3.8) is 0 Å². The van der Waals surface area contributed by atoms with Gasteiger partial charge in [-0.1, -0.05) is 13.3 Å². The zero-order chi connectivity index (χ0) is 12.7. The number of nitrogens with one attached hydrogen (secondary N) is 1. The Morgan fingerprint density at radius 2 is 2.24 bits per heavy atom. The minimum atomic E-state index is 0.536. The highest BCUT2D eigenvalue weighted by molar-refractivity contribution is 7.98. The SMILES string of the molecule is CCCC1(CN(C)C(C)CSC)CCCNC1. The number of hydrogen-bond donors (Lipinski definition) is 1. The molecule has 1 aliphatic rings. The van der Waals surface area contributed by atoms with Gasteiger partial charge in [-0.25, -0.2) is 0 Å². The van der Waals surface area contributed by atoms with Gasteiger partial charge in [-0.05, 0) is 51.4 Å². The molecule has 1 heterocycles. The Labute approximate surface area is 112 Å². The van der Waals surface area contributed by atoms with Crippen LogP contribution >= 0.6 is 11.8 Å². The molecule has 1 saturated heterocycles. The lowest BCUT2D eigenvalue weighted by Gasteiger charge is -2.42. The van der Waals surface area contributed by atoms with Crippen molar-refractivity contribution in [3.8, 4) is 0 Å². The lowest BCUT2D eigenvalue weighted by molar-refractivity contribution is 0.106. The lowest BCUT2D eigenvalue weighted by atomic mass is 9.76. The van der Waals surface area contributed by atoms with Gasteiger partial charge in [-0.15, -0.1) is 0 Å². The van der Waals surface area contributed by atoms with E-state index in [1.807, 2.05) is 11.8 Å². The van der Waals surface area contributed by atoms with Gasteiger partial charge in [0.15, 0.2) is 0 Å². The molecule has 2 unspecified atom stereocenters. The fourth-order valence-electron chi connectivity index (χ4n) is 3.04. The predicted octanol–water partition coefficient (Wildman–Crippen LogP) is 2.84. The Balaban J connectivity index is 2.52. The lowest BCUT2D eigenvalue weighted by Crippen LogP contribution is -2.48. The molecule has 102 valence electrons. The van der Waals surface area contributed by atoms with Gasteiger partial charge in [0.05, 0.1) is 0 Å². The Morgan fingerprint density at radius 1 is 1.47 bits per heavy atom. The van der Waals surface area contributed by atoms with Crippen molar-refractivity contribution >= 4 is 11.8 Å². The maximum Gasteiger partial charge on any atom is 0.0155 e. The molecule has 1 N–H and O–H groups in total. The molecule has 3 heteroatoms. The van der Waals surface area contributed by atoms with E-state index in [1.165, 1.54) is 51.1 Å². The summed E-state index contributed by atoms with van der Waals surface area (Å²) in [6.45, 7) is 8.37. The zero-order valence-electron chi connectivity index (χ0n) is 12.1. The second-order valence-corrected chi connectivity index (χ2v) is 6.66. The van der Waals surface area contributed by atoms with Crippen LogP contribution in [0.5, 0.6) is 0 Å². The first-order chi connectivity index (χ1) is 8.13. The Bertz CT molecular complexity index is 197. The van der Waals surface area contributed by atoms with E-state index in [0.29, 0.717) is 11.5 Å². The highest BCUT2D eigenvalue weighted by Gasteiger charge is 2.32. The molecule has 0 radical (unpaired) electrons. The number of rotatable bonds is 7. The summed E-state index contributed by atoms with van der Waals surface area (Å²) in [4.78, 5) is 2.57. The van der Waals surface area contributed by atoms with E-state index >= 15 is 0 Å². The van der Waals surface area contributed by atoms with Crippen molar-refractivity contribution in [2.45, 2.75) is 45.6 Å². The molecule has 2 atom stereocenters. The number of hydrogen-bond acceptors (Lipinski definition) is 3. The van der Waals surface area contributed by atoms with Gasteiger partial charge < -0.3 is 10.2 Å².